The summed E-state index contributed by atoms with van der Waals surface area (Å²) in [6, 6.07) is 0.707. The molecule has 3 heteroatoms. The summed E-state index contributed by atoms with van der Waals surface area (Å²) >= 11 is 0. The Hall–Kier alpha value is -0.120. The van der Waals surface area contributed by atoms with Crippen molar-refractivity contribution in [2.75, 3.05) is 40.5 Å². The lowest BCUT2D eigenvalue weighted by Gasteiger charge is -2.44. The molecule has 0 saturated carbocycles. The Labute approximate surface area is 81.7 Å². The molecule has 0 radical (unpaired) electrons. The van der Waals surface area contributed by atoms with Gasteiger partial charge in [-0.3, -0.25) is 9.80 Å². The Kier molecular flexibility index (Phi) is 4.16. The van der Waals surface area contributed by atoms with E-state index in [0.29, 0.717) is 6.04 Å². The van der Waals surface area contributed by atoms with E-state index in [1.165, 1.54) is 19.6 Å². The van der Waals surface area contributed by atoms with Crippen LogP contribution in [0.25, 0.3) is 0 Å². The van der Waals surface area contributed by atoms with Gasteiger partial charge in [0.1, 0.15) is 0 Å². The zero-order chi connectivity index (χ0) is 9.84. The topological polar surface area (TPSA) is 15.7 Å². The first-order chi connectivity index (χ1) is 6.13. The number of likely N-dealkylation sites (tertiary alicyclic amines) is 1. The summed E-state index contributed by atoms with van der Waals surface area (Å²) in [7, 11) is 3.88. The molecule has 0 aromatic rings. The van der Waals surface area contributed by atoms with Crippen LogP contribution >= 0.6 is 0 Å². The molecule has 0 bridgehead atoms. The standard InChI is InChI=1S/C10H22N2O/c1-9(2)5-12-6-10(7-12)11(3)8-13-4/h9-10H,5-8H2,1-4H3. The minimum absolute atomic E-state index is 0.707. The molecule has 0 aliphatic carbocycles. The van der Waals surface area contributed by atoms with Crippen molar-refractivity contribution in [3.8, 4) is 0 Å². The molecular weight excluding hydrogens is 164 g/mol. The summed E-state index contributed by atoms with van der Waals surface area (Å²) in [5.74, 6) is 0.786. The maximum absolute atomic E-state index is 5.08. The molecule has 78 valence electrons. The lowest BCUT2D eigenvalue weighted by Crippen LogP contribution is -2.59. The van der Waals surface area contributed by atoms with Crippen molar-refractivity contribution in [3.05, 3.63) is 0 Å². The molecule has 1 aliphatic rings. The molecule has 1 aliphatic heterocycles. The first kappa shape index (κ1) is 11.0. The van der Waals surface area contributed by atoms with E-state index in [9.17, 15) is 0 Å². The maximum atomic E-state index is 5.08. The summed E-state index contributed by atoms with van der Waals surface area (Å²) < 4.78 is 5.08. The van der Waals surface area contributed by atoms with E-state index < -0.39 is 0 Å². The Bertz CT molecular complexity index is 144. The van der Waals surface area contributed by atoms with Gasteiger partial charge in [-0.1, -0.05) is 13.8 Å². The molecule has 0 aromatic carbocycles. The number of ether oxygens (including phenoxy) is 1. The summed E-state index contributed by atoms with van der Waals surface area (Å²) in [5, 5.41) is 0. The Morgan fingerprint density at radius 3 is 2.54 bits per heavy atom. The molecular formula is C10H22N2O. The molecule has 0 spiro atoms. The van der Waals surface area contributed by atoms with Crippen LogP contribution in [0.5, 0.6) is 0 Å². The molecule has 1 fully saturated rings. The zero-order valence-electron chi connectivity index (χ0n) is 9.29. The third-order valence-corrected chi connectivity index (χ3v) is 2.52. The van der Waals surface area contributed by atoms with E-state index in [4.69, 9.17) is 4.74 Å². The van der Waals surface area contributed by atoms with Crippen LogP contribution in [0, 0.1) is 5.92 Å². The van der Waals surface area contributed by atoms with Crippen LogP contribution in [0.2, 0.25) is 0 Å². The number of hydrogen-bond donors (Lipinski definition) is 0. The minimum Gasteiger partial charge on any atom is -0.369 e. The highest BCUT2D eigenvalue weighted by Gasteiger charge is 2.29. The highest BCUT2D eigenvalue weighted by atomic mass is 16.5. The predicted octanol–water partition coefficient (Wildman–Crippen LogP) is 0.862. The zero-order valence-corrected chi connectivity index (χ0v) is 9.29. The fourth-order valence-electron chi connectivity index (χ4n) is 1.80. The van der Waals surface area contributed by atoms with Crippen LogP contribution in [0.15, 0.2) is 0 Å². The van der Waals surface area contributed by atoms with Crippen LogP contribution in [-0.4, -0.2) is 56.4 Å². The molecule has 3 nitrogen and oxygen atoms in total. The van der Waals surface area contributed by atoms with Gasteiger partial charge in [-0.05, 0) is 13.0 Å². The first-order valence-electron chi connectivity index (χ1n) is 5.05. The van der Waals surface area contributed by atoms with E-state index in [1.807, 2.05) is 0 Å². The number of hydrogen-bond acceptors (Lipinski definition) is 3. The van der Waals surface area contributed by atoms with Crippen molar-refractivity contribution >= 4 is 0 Å². The quantitative estimate of drug-likeness (QED) is 0.592. The van der Waals surface area contributed by atoms with Gasteiger partial charge >= 0.3 is 0 Å². The van der Waals surface area contributed by atoms with Crippen LogP contribution in [0.3, 0.4) is 0 Å². The number of methoxy groups -OCH3 is 1. The van der Waals surface area contributed by atoms with Crippen LogP contribution in [0.4, 0.5) is 0 Å². The van der Waals surface area contributed by atoms with Crippen molar-refractivity contribution in [2.24, 2.45) is 5.92 Å². The number of rotatable bonds is 5. The molecule has 0 N–H and O–H groups in total. The second-order valence-electron chi connectivity index (χ2n) is 4.44. The summed E-state index contributed by atoms with van der Waals surface area (Å²) in [5.41, 5.74) is 0. The largest absolute Gasteiger partial charge is 0.369 e. The van der Waals surface area contributed by atoms with Gasteiger partial charge in [-0.25, -0.2) is 0 Å². The van der Waals surface area contributed by atoms with Crippen molar-refractivity contribution in [2.45, 2.75) is 19.9 Å². The molecule has 1 saturated heterocycles. The third kappa shape index (κ3) is 3.25. The van der Waals surface area contributed by atoms with E-state index in [0.717, 1.165) is 12.6 Å². The fourth-order valence-corrected chi connectivity index (χ4v) is 1.80. The SMILES string of the molecule is COCN(C)C1CN(CC(C)C)C1. The Balaban J connectivity index is 2.10. The van der Waals surface area contributed by atoms with Gasteiger partial charge < -0.3 is 4.74 Å². The average molecular weight is 186 g/mol. The second-order valence-corrected chi connectivity index (χ2v) is 4.44. The second kappa shape index (κ2) is 4.94. The molecule has 0 atom stereocenters. The molecule has 0 aromatic heterocycles. The highest BCUT2D eigenvalue weighted by Crippen LogP contribution is 2.14. The fraction of sp³-hybridized carbons (Fsp3) is 1.00. The van der Waals surface area contributed by atoms with Gasteiger partial charge in [-0.15, -0.1) is 0 Å². The van der Waals surface area contributed by atoms with Gasteiger partial charge in [0.05, 0.1) is 6.73 Å². The molecule has 0 amide bonds. The van der Waals surface area contributed by atoms with E-state index in [1.54, 1.807) is 7.11 Å². The van der Waals surface area contributed by atoms with Crippen LogP contribution < -0.4 is 0 Å². The van der Waals surface area contributed by atoms with Crippen LogP contribution in [-0.2, 0) is 4.74 Å². The summed E-state index contributed by atoms with van der Waals surface area (Å²) in [4.78, 5) is 4.78. The van der Waals surface area contributed by atoms with E-state index in [-0.39, 0.29) is 0 Å². The molecule has 13 heavy (non-hydrogen) atoms. The highest BCUT2D eigenvalue weighted by molar-refractivity contribution is 4.86. The van der Waals surface area contributed by atoms with Gasteiger partial charge in [0.2, 0.25) is 0 Å². The maximum Gasteiger partial charge on any atom is 0.0987 e. The third-order valence-electron chi connectivity index (χ3n) is 2.52. The van der Waals surface area contributed by atoms with E-state index in [2.05, 4.69) is 30.7 Å². The molecule has 0 unspecified atom stereocenters. The first-order valence-corrected chi connectivity index (χ1v) is 5.05. The lowest BCUT2D eigenvalue weighted by atomic mass is 10.1. The monoisotopic (exact) mass is 186 g/mol. The number of nitrogens with zero attached hydrogens (tertiary/aromatic N) is 2. The van der Waals surface area contributed by atoms with Gasteiger partial charge in [0, 0.05) is 32.8 Å². The van der Waals surface area contributed by atoms with Crippen molar-refractivity contribution < 1.29 is 4.74 Å². The van der Waals surface area contributed by atoms with Crippen LogP contribution in [0.1, 0.15) is 13.8 Å². The predicted molar refractivity (Wildman–Crippen MR) is 54.7 cm³/mol. The normalized spacial score (nSPS) is 19.8. The van der Waals surface area contributed by atoms with Crippen molar-refractivity contribution in [1.82, 2.24) is 9.80 Å². The summed E-state index contributed by atoms with van der Waals surface area (Å²) in [6.45, 7) is 8.94. The molecule has 1 heterocycles. The minimum atomic E-state index is 0.707. The van der Waals surface area contributed by atoms with Crippen molar-refractivity contribution in [3.63, 3.8) is 0 Å². The van der Waals surface area contributed by atoms with Gasteiger partial charge in [-0.2, -0.15) is 0 Å². The van der Waals surface area contributed by atoms with Gasteiger partial charge in [0.15, 0.2) is 0 Å². The van der Waals surface area contributed by atoms with E-state index >= 15 is 0 Å². The Morgan fingerprint density at radius 2 is 2.08 bits per heavy atom. The summed E-state index contributed by atoms with van der Waals surface area (Å²) in [6.07, 6.45) is 0. The average Bonchev–Trinajstić information content (AvgIpc) is 1.95. The molecule has 1 rings (SSSR count). The lowest BCUT2D eigenvalue weighted by molar-refractivity contribution is -0.0176. The smallest absolute Gasteiger partial charge is 0.0987 e. The van der Waals surface area contributed by atoms with Crippen molar-refractivity contribution in [1.29, 1.82) is 0 Å². The Morgan fingerprint density at radius 1 is 1.46 bits per heavy atom. The number of likely N-dealkylation sites (N-methyl/N-ethyl adjacent to an activating group) is 1. The van der Waals surface area contributed by atoms with Gasteiger partial charge in [0.25, 0.3) is 0 Å².